The Bertz CT molecular complexity index is 1680. The zero-order chi connectivity index (χ0) is 36.7. The summed E-state index contributed by atoms with van der Waals surface area (Å²) in [6.07, 6.45) is 1.66. The highest BCUT2D eigenvalue weighted by molar-refractivity contribution is 6.03. The predicted molar refractivity (Wildman–Crippen MR) is 190 cm³/mol. The Morgan fingerprint density at radius 2 is 1.75 bits per heavy atom. The Hall–Kier alpha value is -5.02. The summed E-state index contributed by atoms with van der Waals surface area (Å²) in [6.45, 7) is 9.84. The molecule has 5 rings (SSSR count). The Morgan fingerprint density at radius 3 is 2.47 bits per heavy atom. The van der Waals surface area contributed by atoms with Crippen molar-refractivity contribution in [1.29, 1.82) is 0 Å². The standard InChI is InChI=1S/C36H48N6O9/c1-21-17-42(22(2)19-43)34(44)28-15-26(37-35(45)39-33-24(4)40-51-25(33)5)10-12-29(28)50-23(3)9-7-8-14-47-32(21)18-41(6)36(46)38-27-11-13-30-31(16-27)49-20-48-30/h10-13,15-16,21-23,32,43H,7-9,14,17-20H2,1-6H3,(H,38,46)(H2,37,39,45)/t21-,22-,23-,32+/m0/s1. The van der Waals surface area contributed by atoms with Gasteiger partial charge < -0.3 is 54.3 Å². The van der Waals surface area contributed by atoms with E-state index in [1.165, 1.54) is 0 Å². The summed E-state index contributed by atoms with van der Waals surface area (Å²) in [5.74, 6) is 1.38. The average molecular weight is 709 g/mol. The van der Waals surface area contributed by atoms with E-state index in [0.717, 1.165) is 12.8 Å². The second-order valence-corrected chi connectivity index (χ2v) is 13.2. The number of nitrogens with zero attached hydrogens (tertiary/aromatic N) is 3. The van der Waals surface area contributed by atoms with E-state index in [1.807, 2.05) is 13.8 Å². The fourth-order valence-electron chi connectivity index (χ4n) is 5.95. The molecule has 15 heteroatoms. The molecule has 5 amide bonds. The maximum absolute atomic E-state index is 14.4. The molecule has 51 heavy (non-hydrogen) atoms. The largest absolute Gasteiger partial charge is 0.490 e. The molecule has 4 N–H and O–H groups in total. The van der Waals surface area contributed by atoms with Gasteiger partial charge in [-0.3, -0.25) is 4.79 Å². The SMILES string of the molecule is Cc1noc(C)c1NC(=O)Nc1ccc2c(c1)C(=O)N([C@@H](C)CO)C[C@H](C)[C@@H](CN(C)C(=O)Nc1ccc3c(c1)OCO3)OCCCC[C@H](C)O2. The lowest BCUT2D eigenvalue weighted by Crippen LogP contribution is -2.48. The van der Waals surface area contributed by atoms with E-state index in [0.29, 0.717) is 58.8 Å². The summed E-state index contributed by atoms with van der Waals surface area (Å²) in [5, 5.41) is 22.6. The number of aryl methyl sites for hydroxylation is 2. The molecular weight excluding hydrogens is 660 g/mol. The highest BCUT2D eigenvalue weighted by atomic mass is 16.7. The number of anilines is 3. The normalized spacial score (nSPS) is 20.0. The number of nitrogens with one attached hydrogen (secondary N) is 3. The van der Waals surface area contributed by atoms with Crippen molar-refractivity contribution in [2.75, 3.05) is 56.1 Å². The quantitative estimate of drug-likeness (QED) is 0.241. The van der Waals surface area contributed by atoms with Crippen molar-refractivity contribution in [3.8, 4) is 17.2 Å². The monoisotopic (exact) mass is 708 g/mol. The number of amides is 5. The van der Waals surface area contributed by atoms with Gasteiger partial charge in [0.25, 0.3) is 5.91 Å². The van der Waals surface area contributed by atoms with E-state index >= 15 is 0 Å². The van der Waals surface area contributed by atoms with Crippen molar-refractivity contribution >= 4 is 35.0 Å². The Balaban J connectivity index is 1.35. The Kier molecular flexibility index (Phi) is 12.3. The molecule has 3 aromatic rings. The van der Waals surface area contributed by atoms with Crippen LogP contribution in [0, 0.1) is 19.8 Å². The minimum atomic E-state index is -0.565. The van der Waals surface area contributed by atoms with Gasteiger partial charge in [0.15, 0.2) is 17.3 Å². The van der Waals surface area contributed by atoms with Crippen molar-refractivity contribution in [2.45, 2.75) is 72.1 Å². The van der Waals surface area contributed by atoms with Crippen LogP contribution in [0.5, 0.6) is 17.2 Å². The first kappa shape index (κ1) is 37.2. The fraction of sp³-hybridized carbons (Fsp3) is 0.500. The number of carbonyl (C=O) groups is 3. The van der Waals surface area contributed by atoms with Crippen molar-refractivity contribution < 1.29 is 43.0 Å². The molecule has 0 saturated carbocycles. The lowest BCUT2D eigenvalue weighted by molar-refractivity contribution is -0.0115. The van der Waals surface area contributed by atoms with E-state index in [4.69, 9.17) is 23.5 Å². The molecule has 15 nitrogen and oxygen atoms in total. The van der Waals surface area contributed by atoms with Crippen molar-refractivity contribution in [1.82, 2.24) is 15.0 Å². The van der Waals surface area contributed by atoms with Crippen LogP contribution in [0.1, 0.15) is 61.8 Å². The molecule has 2 aromatic carbocycles. The lowest BCUT2D eigenvalue weighted by atomic mass is 10.0. The maximum Gasteiger partial charge on any atom is 0.323 e. The number of urea groups is 2. The number of benzene rings is 2. The third-order valence-corrected chi connectivity index (χ3v) is 9.01. The first-order valence-corrected chi connectivity index (χ1v) is 17.2. The molecule has 4 atom stereocenters. The Labute approximate surface area is 297 Å². The minimum Gasteiger partial charge on any atom is -0.490 e. The smallest absolute Gasteiger partial charge is 0.323 e. The molecule has 0 saturated heterocycles. The summed E-state index contributed by atoms with van der Waals surface area (Å²) in [5.41, 5.74) is 2.16. The molecule has 2 aliphatic heterocycles. The summed E-state index contributed by atoms with van der Waals surface area (Å²) in [6, 6.07) is 8.69. The lowest BCUT2D eigenvalue weighted by Gasteiger charge is -2.35. The first-order valence-electron chi connectivity index (χ1n) is 17.2. The number of hydrogen-bond donors (Lipinski definition) is 4. The molecule has 3 heterocycles. The molecule has 0 aliphatic carbocycles. The van der Waals surface area contributed by atoms with E-state index in [2.05, 4.69) is 21.1 Å². The zero-order valence-electron chi connectivity index (χ0n) is 30.0. The summed E-state index contributed by atoms with van der Waals surface area (Å²) in [7, 11) is 1.69. The second-order valence-electron chi connectivity index (χ2n) is 13.2. The van der Waals surface area contributed by atoms with Crippen LogP contribution < -0.4 is 30.2 Å². The third kappa shape index (κ3) is 9.41. The molecule has 0 fully saturated rings. The molecule has 276 valence electrons. The van der Waals surface area contributed by atoms with Crippen molar-refractivity contribution in [2.24, 2.45) is 5.92 Å². The summed E-state index contributed by atoms with van der Waals surface area (Å²) in [4.78, 5) is 43.7. The van der Waals surface area contributed by atoms with Crippen LogP contribution in [0.2, 0.25) is 0 Å². The number of aromatic nitrogens is 1. The van der Waals surface area contributed by atoms with Crippen LogP contribution in [-0.2, 0) is 4.74 Å². The van der Waals surface area contributed by atoms with Gasteiger partial charge in [-0.2, -0.15) is 0 Å². The van der Waals surface area contributed by atoms with Gasteiger partial charge in [0.1, 0.15) is 17.1 Å². The van der Waals surface area contributed by atoms with Gasteiger partial charge in [0, 0.05) is 50.1 Å². The topological polar surface area (TPSA) is 177 Å². The summed E-state index contributed by atoms with van der Waals surface area (Å²) < 4.78 is 28.6. The van der Waals surface area contributed by atoms with Gasteiger partial charge >= 0.3 is 12.1 Å². The molecule has 2 aliphatic rings. The number of aliphatic hydroxyl groups is 1. The molecule has 1 aromatic heterocycles. The van der Waals surface area contributed by atoms with E-state index in [9.17, 15) is 19.5 Å². The second kappa shape index (κ2) is 16.8. The van der Waals surface area contributed by atoms with E-state index < -0.39 is 18.2 Å². The van der Waals surface area contributed by atoms with Crippen LogP contribution >= 0.6 is 0 Å². The van der Waals surface area contributed by atoms with Crippen LogP contribution in [-0.4, -0.2) is 96.4 Å². The number of rotatable bonds is 7. The number of fused-ring (bicyclic) bond motifs is 2. The van der Waals surface area contributed by atoms with E-state index in [-0.39, 0.29) is 56.0 Å². The van der Waals surface area contributed by atoms with Crippen molar-refractivity contribution in [3.05, 3.63) is 53.4 Å². The van der Waals surface area contributed by atoms with Gasteiger partial charge in [-0.25, -0.2) is 9.59 Å². The number of likely N-dealkylation sites (N-methyl/N-ethyl adjacent to an activating group) is 1. The van der Waals surface area contributed by atoms with Crippen LogP contribution in [0.25, 0.3) is 0 Å². The van der Waals surface area contributed by atoms with Gasteiger partial charge in [-0.05, 0) is 77.3 Å². The van der Waals surface area contributed by atoms with Crippen LogP contribution in [0.15, 0.2) is 40.9 Å². The molecular formula is C36H48N6O9. The van der Waals surface area contributed by atoms with Gasteiger partial charge in [-0.1, -0.05) is 12.1 Å². The first-order chi connectivity index (χ1) is 24.4. The third-order valence-electron chi connectivity index (χ3n) is 9.01. The molecule has 0 unspecified atom stereocenters. The number of carbonyl (C=O) groups excluding carboxylic acids is 3. The minimum absolute atomic E-state index is 0.134. The van der Waals surface area contributed by atoms with Crippen LogP contribution in [0.4, 0.5) is 26.7 Å². The number of ether oxygens (including phenoxy) is 4. The Morgan fingerprint density at radius 1 is 1.02 bits per heavy atom. The predicted octanol–water partition coefficient (Wildman–Crippen LogP) is 5.62. The zero-order valence-corrected chi connectivity index (χ0v) is 30.0. The van der Waals surface area contributed by atoms with Gasteiger partial charge in [-0.15, -0.1) is 0 Å². The van der Waals surface area contributed by atoms with E-state index in [1.54, 1.807) is 74.0 Å². The van der Waals surface area contributed by atoms with Crippen molar-refractivity contribution in [3.63, 3.8) is 0 Å². The molecule has 0 bridgehead atoms. The molecule has 0 spiro atoms. The maximum atomic E-state index is 14.4. The van der Waals surface area contributed by atoms with Gasteiger partial charge in [0.05, 0.1) is 30.4 Å². The highest BCUT2D eigenvalue weighted by Gasteiger charge is 2.31. The number of hydrogen-bond acceptors (Lipinski definition) is 10. The average Bonchev–Trinajstić information content (AvgIpc) is 3.70. The fourth-order valence-corrected chi connectivity index (χ4v) is 5.95. The highest BCUT2D eigenvalue weighted by Crippen LogP contribution is 2.34. The molecule has 0 radical (unpaired) electrons. The van der Waals surface area contributed by atoms with Gasteiger partial charge in [0.2, 0.25) is 6.79 Å². The number of aliphatic hydroxyl groups excluding tert-OH is 1. The summed E-state index contributed by atoms with van der Waals surface area (Å²) >= 11 is 0. The van der Waals surface area contributed by atoms with Crippen LogP contribution in [0.3, 0.4) is 0 Å².